The van der Waals surface area contributed by atoms with Crippen molar-refractivity contribution in [2.24, 2.45) is 5.41 Å². The average Bonchev–Trinajstić information content (AvgIpc) is 3.39. The minimum Gasteiger partial charge on any atom is -0.368 e. The topological polar surface area (TPSA) is 84.5 Å². The molecule has 1 saturated heterocycles. The second kappa shape index (κ2) is 10.2. The van der Waals surface area contributed by atoms with Crippen molar-refractivity contribution < 1.29 is 19.1 Å². The molecule has 1 aromatic carbocycles. The lowest BCUT2D eigenvalue weighted by atomic mass is 9.80. The van der Waals surface area contributed by atoms with Crippen molar-refractivity contribution in [3.05, 3.63) is 58.3 Å². The van der Waals surface area contributed by atoms with E-state index in [1.54, 1.807) is 18.4 Å². The molecule has 0 aliphatic carbocycles. The molecule has 0 saturated carbocycles. The molecule has 1 aliphatic rings. The van der Waals surface area contributed by atoms with Gasteiger partial charge in [-0.15, -0.1) is 0 Å². The minimum atomic E-state index is -0.751. The summed E-state index contributed by atoms with van der Waals surface area (Å²) in [4.78, 5) is 37.9. The summed E-state index contributed by atoms with van der Waals surface area (Å²) >= 11 is 1.43. The number of ketones is 1. The van der Waals surface area contributed by atoms with Crippen LogP contribution in [-0.2, 0) is 20.7 Å². The first kappa shape index (κ1) is 23.2. The van der Waals surface area contributed by atoms with Crippen LogP contribution in [0.4, 0.5) is 0 Å². The van der Waals surface area contributed by atoms with Gasteiger partial charge in [0.05, 0.1) is 11.7 Å². The Morgan fingerprint density at radius 2 is 1.97 bits per heavy atom. The van der Waals surface area contributed by atoms with Crippen LogP contribution in [0.15, 0.2) is 47.2 Å². The number of carbonyl (C=O) groups excluding carboxylic acids is 3. The normalized spacial score (nSPS) is 19.8. The number of aryl methyl sites for hydroxylation is 1. The van der Waals surface area contributed by atoms with E-state index < -0.39 is 12.1 Å². The Kier molecular flexibility index (Phi) is 7.62. The predicted molar refractivity (Wildman–Crippen MR) is 121 cm³/mol. The van der Waals surface area contributed by atoms with Gasteiger partial charge in [0.1, 0.15) is 18.7 Å². The Hall–Kier alpha value is -2.51. The third kappa shape index (κ3) is 6.48. The van der Waals surface area contributed by atoms with Gasteiger partial charge in [0, 0.05) is 5.38 Å². The number of nitrogens with one attached hydrogen (secondary N) is 2. The van der Waals surface area contributed by atoms with E-state index in [2.05, 4.69) is 36.6 Å². The van der Waals surface area contributed by atoms with Crippen LogP contribution in [-0.4, -0.2) is 42.4 Å². The van der Waals surface area contributed by atoms with Gasteiger partial charge in [-0.2, -0.15) is 11.3 Å². The highest BCUT2D eigenvalue weighted by Crippen LogP contribution is 2.29. The number of hydrogen-bond donors (Lipinski definition) is 2. The monoisotopic (exact) mass is 442 g/mol. The van der Waals surface area contributed by atoms with Crippen molar-refractivity contribution >= 4 is 28.9 Å². The van der Waals surface area contributed by atoms with Gasteiger partial charge in [-0.25, -0.2) is 0 Å². The summed E-state index contributed by atoms with van der Waals surface area (Å²) in [6.45, 7) is 5.96. The number of carbonyl (C=O) groups is 3. The maximum atomic E-state index is 13.1. The molecule has 31 heavy (non-hydrogen) atoms. The van der Waals surface area contributed by atoms with E-state index in [0.29, 0.717) is 12.0 Å². The van der Waals surface area contributed by atoms with Gasteiger partial charge in [0.15, 0.2) is 5.78 Å². The highest BCUT2D eigenvalue weighted by atomic mass is 32.1. The van der Waals surface area contributed by atoms with E-state index in [9.17, 15) is 14.4 Å². The second-order valence-electron chi connectivity index (χ2n) is 8.86. The molecule has 2 N–H and O–H groups in total. The third-order valence-corrected chi connectivity index (χ3v) is 6.38. The molecule has 0 unspecified atom stereocenters. The fraction of sp³-hybridized carbons (Fsp3) is 0.458. The molecule has 0 radical (unpaired) electrons. The number of thiophene rings is 1. The summed E-state index contributed by atoms with van der Waals surface area (Å²) in [5.41, 5.74) is 1.56. The molecule has 1 aliphatic heterocycles. The summed E-state index contributed by atoms with van der Waals surface area (Å²) in [7, 11) is 0. The molecule has 0 bridgehead atoms. The van der Waals surface area contributed by atoms with Crippen LogP contribution in [0.5, 0.6) is 0 Å². The van der Waals surface area contributed by atoms with E-state index in [1.165, 1.54) is 16.9 Å². The zero-order chi connectivity index (χ0) is 22.4. The Labute approximate surface area is 187 Å². The Morgan fingerprint density at radius 3 is 2.58 bits per heavy atom. The number of Topliss-reactive ketones (excluding diaryl/α,β-unsaturated/α-hetero) is 1. The van der Waals surface area contributed by atoms with Crippen molar-refractivity contribution in [3.8, 4) is 0 Å². The molecule has 2 amide bonds. The maximum Gasteiger partial charge on any atom is 0.252 e. The highest BCUT2D eigenvalue weighted by Gasteiger charge is 2.37. The first-order valence-corrected chi connectivity index (χ1v) is 11.5. The van der Waals surface area contributed by atoms with E-state index in [-0.39, 0.29) is 35.7 Å². The second-order valence-corrected chi connectivity index (χ2v) is 9.64. The number of amides is 2. The summed E-state index contributed by atoms with van der Waals surface area (Å²) in [5, 5.41) is 9.26. The molecule has 2 heterocycles. The third-order valence-electron chi connectivity index (χ3n) is 5.70. The average molecular weight is 443 g/mol. The van der Waals surface area contributed by atoms with Gasteiger partial charge in [0.25, 0.3) is 5.91 Å². The molecule has 0 spiro atoms. The summed E-state index contributed by atoms with van der Waals surface area (Å²) in [6.07, 6.45) is 1.82. The first-order chi connectivity index (χ1) is 14.7. The van der Waals surface area contributed by atoms with Crippen LogP contribution in [0, 0.1) is 5.41 Å². The molecule has 3 rings (SSSR count). The van der Waals surface area contributed by atoms with Crippen LogP contribution in [0.1, 0.15) is 49.5 Å². The smallest absolute Gasteiger partial charge is 0.252 e. The SMILES string of the molecule is C[C@@H]1OCC(=O)[C@H]1NC(=O)[C@H](CC(C)(C)CCc1ccccc1)NC(=O)c1ccsc1. The van der Waals surface area contributed by atoms with Crippen LogP contribution in [0.25, 0.3) is 0 Å². The van der Waals surface area contributed by atoms with E-state index >= 15 is 0 Å². The Bertz CT molecular complexity index is 896. The van der Waals surface area contributed by atoms with Crippen LogP contribution >= 0.6 is 11.3 Å². The van der Waals surface area contributed by atoms with Crippen molar-refractivity contribution in [2.75, 3.05) is 6.61 Å². The largest absolute Gasteiger partial charge is 0.368 e. The van der Waals surface area contributed by atoms with Gasteiger partial charge in [0.2, 0.25) is 5.91 Å². The summed E-state index contributed by atoms with van der Waals surface area (Å²) in [6, 6.07) is 10.5. The van der Waals surface area contributed by atoms with Gasteiger partial charge in [-0.1, -0.05) is 44.2 Å². The maximum absolute atomic E-state index is 13.1. The molecule has 6 nitrogen and oxygen atoms in total. The van der Waals surface area contributed by atoms with E-state index in [0.717, 1.165) is 12.8 Å². The van der Waals surface area contributed by atoms with Crippen LogP contribution < -0.4 is 10.6 Å². The highest BCUT2D eigenvalue weighted by molar-refractivity contribution is 7.08. The Morgan fingerprint density at radius 1 is 1.23 bits per heavy atom. The molecule has 1 fully saturated rings. The lowest BCUT2D eigenvalue weighted by Gasteiger charge is -2.30. The number of rotatable bonds is 9. The first-order valence-electron chi connectivity index (χ1n) is 10.6. The number of benzene rings is 1. The van der Waals surface area contributed by atoms with Crippen molar-refractivity contribution in [2.45, 2.75) is 58.2 Å². The van der Waals surface area contributed by atoms with E-state index in [4.69, 9.17) is 4.74 Å². The molecule has 2 aromatic rings. The summed E-state index contributed by atoms with van der Waals surface area (Å²) in [5.74, 6) is -0.790. The van der Waals surface area contributed by atoms with Gasteiger partial charge in [-0.3, -0.25) is 14.4 Å². The zero-order valence-electron chi connectivity index (χ0n) is 18.2. The quantitative estimate of drug-likeness (QED) is 0.624. The molecule has 3 atom stereocenters. The van der Waals surface area contributed by atoms with Crippen molar-refractivity contribution in [3.63, 3.8) is 0 Å². The standard InChI is InChI=1S/C24H30N2O4S/c1-16-21(20(27)14-30-16)26-23(29)19(25-22(28)18-10-12-31-15-18)13-24(2,3)11-9-17-7-5-4-6-8-17/h4-8,10,12,15-16,19,21H,9,11,13-14H2,1-3H3,(H,25,28)(H,26,29)/t16-,19-,21-/m0/s1. The molecule has 166 valence electrons. The van der Waals surface area contributed by atoms with Gasteiger partial charge >= 0.3 is 0 Å². The van der Waals surface area contributed by atoms with Crippen LogP contribution in [0.2, 0.25) is 0 Å². The molecular formula is C24H30N2O4S. The van der Waals surface area contributed by atoms with Crippen molar-refractivity contribution in [1.82, 2.24) is 10.6 Å². The van der Waals surface area contributed by atoms with E-state index in [1.807, 2.05) is 23.6 Å². The lowest BCUT2D eigenvalue weighted by Crippen LogP contribution is -2.54. The predicted octanol–water partition coefficient (Wildman–Crippen LogP) is 3.37. The number of ether oxygens (including phenoxy) is 1. The van der Waals surface area contributed by atoms with Crippen LogP contribution in [0.3, 0.4) is 0 Å². The fourth-order valence-corrected chi connectivity index (χ4v) is 4.38. The molecular weight excluding hydrogens is 412 g/mol. The Balaban J connectivity index is 1.70. The lowest BCUT2D eigenvalue weighted by molar-refractivity contribution is -0.128. The number of hydrogen-bond acceptors (Lipinski definition) is 5. The zero-order valence-corrected chi connectivity index (χ0v) is 19.0. The van der Waals surface area contributed by atoms with Gasteiger partial charge in [-0.05, 0) is 48.6 Å². The van der Waals surface area contributed by atoms with Gasteiger partial charge < -0.3 is 15.4 Å². The summed E-state index contributed by atoms with van der Waals surface area (Å²) < 4.78 is 5.34. The van der Waals surface area contributed by atoms with Crippen molar-refractivity contribution in [1.29, 1.82) is 0 Å². The minimum absolute atomic E-state index is 0.000607. The fourth-order valence-electron chi connectivity index (χ4n) is 3.74. The molecule has 1 aromatic heterocycles. The molecule has 7 heteroatoms.